The Morgan fingerprint density at radius 3 is 2.94 bits per heavy atom. The van der Waals surface area contributed by atoms with Gasteiger partial charge in [-0.15, -0.1) is 0 Å². The molecular formula is C11H10N2O3. The number of fused-ring (bicyclic) bond motifs is 1. The van der Waals surface area contributed by atoms with Crippen LogP contribution in [0.15, 0.2) is 30.9 Å². The molecule has 0 spiro atoms. The third kappa shape index (κ3) is 1.56. The average Bonchev–Trinajstić information content (AvgIpc) is 2.70. The second-order valence-corrected chi connectivity index (χ2v) is 3.51. The smallest absolute Gasteiger partial charge is 0.269 e. The minimum atomic E-state index is -0.432. The maximum absolute atomic E-state index is 11.5. The molecule has 16 heavy (non-hydrogen) atoms. The van der Waals surface area contributed by atoms with Crippen LogP contribution in [0, 0.1) is 10.1 Å². The van der Waals surface area contributed by atoms with E-state index in [0.29, 0.717) is 13.0 Å². The van der Waals surface area contributed by atoms with Gasteiger partial charge in [0.05, 0.1) is 4.92 Å². The maximum atomic E-state index is 11.5. The van der Waals surface area contributed by atoms with E-state index >= 15 is 0 Å². The fraction of sp³-hybridized carbons (Fsp3) is 0.182. The number of benzene rings is 1. The number of anilines is 1. The van der Waals surface area contributed by atoms with Crippen LogP contribution in [0.5, 0.6) is 0 Å². The Hall–Kier alpha value is -2.17. The zero-order valence-corrected chi connectivity index (χ0v) is 8.55. The summed E-state index contributed by atoms with van der Waals surface area (Å²) in [5.74, 6) is -0.174. The Balaban J connectivity index is 2.39. The number of amides is 1. The van der Waals surface area contributed by atoms with Crippen molar-refractivity contribution in [1.82, 2.24) is 0 Å². The number of carbonyl (C=O) groups is 1. The highest BCUT2D eigenvalue weighted by Crippen LogP contribution is 2.31. The first-order valence-corrected chi connectivity index (χ1v) is 4.84. The van der Waals surface area contributed by atoms with Crippen molar-refractivity contribution < 1.29 is 9.72 Å². The Morgan fingerprint density at radius 1 is 1.56 bits per heavy atom. The summed E-state index contributed by atoms with van der Waals surface area (Å²) in [6.45, 7) is 3.98. The lowest BCUT2D eigenvalue weighted by molar-refractivity contribution is -0.384. The molecule has 1 heterocycles. The molecule has 1 aliphatic heterocycles. The molecular weight excluding hydrogens is 208 g/mol. The zero-order valence-electron chi connectivity index (χ0n) is 8.55. The Morgan fingerprint density at radius 2 is 2.31 bits per heavy atom. The second kappa shape index (κ2) is 3.77. The molecule has 0 aliphatic carbocycles. The predicted molar refractivity (Wildman–Crippen MR) is 59.4 cm³/mol. The number of non-ortho nitro benzene ring substituents is 1. The molecule has 0 fully saturated rings. The molecule has 0 saturated carbocycles. The molecule has 0 atom stereocenters. The number of rotatable bonds is 2. The van der Waals surface area contributed by atoms with Gasteiger partial charge in [0.1, 0.15) is 0 Å². The lowest BCUT2D eigenvalue weighted by Crippen LogP contribution is -2.26. The minimum absolute atomic E-state index is 0.0617. The molecule has 5 heteroatoms. The van der Waals surface area contributed by atoms with Crippen molar-refractivity contribution in [2.24, 2.45) is 0 Å². The Bertz CT molecular complexity index is 482. The van der Waals surface area contributed by atoms with Crippen molar-refractivity contribution in [2.75, 3.05) is 11.4 Å². The number of nitro benzene ring substituents is 1. The summed E-state index contributed by atoms with van der Waals surface area (Å²) < 4.78 is 0. The van der Waals surface area contributed by atoms with E-state index in [4.69, 9.17) is 0 Å². The molecule has 1 amide bonds. The molecule has 5 nitrogen and oxygen atoms in total. The normalized spacial score (nSPS) is 13.4. The van der Waals surface area contributed by atoms with Gasteiger partial charge in [-0.05, 0) is 24.1 Å². The number of carbonyl (C=O) groups excluding carboxylic acids is 1. The molecule has 0 bridgehead atoms. The molecule has 0 aromatic heterocycles. The highest BCUT2D eigenvalue weighted by Gasteiger charge is 2.24. The first-order chi connectivity index (χ1) is 7.63. The van der Waals surface area contributed by atoms with Gasteiger partial charge in [-0.1, -0.05) is 6.58 Å². The van der Waals surface area contributed by atoms with Crippen LogP contribution in [0.4, 0.5) is 11.4 Å². The van der Waals surface area contributed by atoms with Crippen molar-refractivity contribution in [2.45, 2.75) is 6.42 Å². The van der Waals surface area contributed by atoms with Crippen LogP contribution < -0.4 is 4.90 Å². The van der Waals surface area contributed by atoms with Crippen LogP contribution in [-0.2, 0) is 11.2 Å². The van der Waals surface area contributed by atoms with Gasteiger partial charge < -0.3 is 4.90 Å². The van der Waals surface area contributed by atoms with Crippen molar-refractivity contribution in [3.63, 3.8) is 0 Å². The lowest BCUT2D eigenvalue weighted by Gasteiger charge is -2.14. The molecule has 0 radical (unpaired) electrons. The molecule has 1 aliphatic rings. The van der Waals surface area contributed by atoms with E-state index < -0.39 is 4.92 Å². The quantitative estimate of drug-likeness (QED) is 0.431. The van der Waals surface area contributed by atoms with E-state index in [9.17, 15) is 14.9 Å². The number of nitrogens with zero attached hydrogens (tertiary/aromatic N) is 2. The van der Waals surface area contributed by atoms with Crippen LogP contribution in [-0.4, -0.2) is 17.4 Å². The second-order valence-electron chi connectivity index (χ2n) is 3.51. The molecule has 1 aromatic rings. The third-order valence-electron chi connectivity index (χ3n) is 2.61. The number of hydrogen-bond donors (Lipinski definition) is 0. The first-order valence-electron chi connectivity index (χ1n) is 4.84. The predicted octanol–water partition coefficient (Wildman–Crippen LogP) is 1.67. The van der Waals surface area contributed by atoms with E-state index in [1.165, 1.54) is 18.2 Å². The van der Waals surface area contributed by atoms with Crippen LogP contribution in [0.3, 0.4) is 0 Å². The summed E-state index contributed by atoms with van der Waals surface area (Å²) in [5, 5.41) is 10.6. The van der Waals surface area contributed by atoms with E-state index in [0.717, 1.165) is 11.3 Å². The van der Waals surface area contributed by atoms with E-state index in [2.05, 4.69) is 6.58 Å². The topological polar surface area (TPSA) is 63.5 Å². The molecule has 2 rings (SSSR count). The molecule has 1 aromatic carbocycles. The summed E-state index contributed by atoms with van der Waals surface area (Å²) in [5.41, 5.74) is 1.64. The minimum Gasteiger partial charge on any atom is -0.308 e. The summed E-state index contributed by atoms with van der Waals surface area (Å²) in [6.07, 6.45) is 1.90. The molecule has 0 N–H and O–H groups in total. The van der Waals surface area contributed by atoms with Crippen molar-refractivity contribution >= 4 is 17.3 Å². The average molecular weight is 218 g/mol. The van der Waals surface area contributed by atoms with Gasteiger partial charge in [-0.2, -0.15) is 0 Å². The number of nitro groups is 1. The summed E-state index contributed by atoms with van der Waals surface area (Å²) >= 11 is 0. The van der Waals surface area contributed by atoms with Crippen LogP contribution in [0.2, 0.25) is 0 Å². The third-order valence-corrected chi connectivity index (χ3v) is 2.61. The SMILES string of the molecule is C=CC(=O)N1CCc2cc([N+](=O)[O-])ccc21. The summed E-state index contributed by atoms with van der Waals surface area (Å²) in [4.78, 5) is 23.2. The van der Waals surface area contributed by atoms with Gasteiger partial charge in [0, 0.05) is 24.4 Å². The van der Waals surface area contributed by atoms with E-state index in [-0.39, 0.29) is 11.6 Å². The summed E-state index contributed by atoms with van der Waals surface area (Å²) in [6, 6.07) is 4.54. The lowest BCUT2D eigenvalue weighted by atomic mass is 10.1. The Labute approximate surface area is 92.1 Å². The molecule has 82 valence electrons. The van der Waals surface area contributed by atoms with Crippen LogP contribution in [0.1, 0.15) is 5.56 Å². The first kappa shape index (κ1) is 10.4. The standard InChI is InChI=1S/C11H10N2O3/c1-2-11(14)12-6-5-8-7-9(13(15)16)3-4-10(8)12/h2-4,7H,1,5-6H2. The van der Waals surface area contributed by atoms with Gasteiger partial charge >= 0.3 is 0 Å². The van der Waals surface area contributed by atoms with Gasteiger partial charge in [0.2, 0.25) is 5.91 Å². The summed E-state index contributed by atoms with van der Waals surface area (Å²) in [7, 11) is 0. The fourth-order valence-electron chi connectivity index (χ4n) is 1.84. The van der Waals surface area contributed by atoms with Crippen LogP contribution >= 0.6 is 0 Å². The van der Waals surface area contributed by atoms with E-state index in [1.54, 1.807) is 11.0 Å². The maximum Gasteiger partial charge on any atom is 0.269 e. The van der Waals surface area contributed by atoms with Gasteiger partial charge in [-0.25, -0.2) is 0 Å². The molecule has 0 saturated heterocycles. The van der Waals surface area contributed by atoms with Gasteiger partial charge in [0.15, 0.2) is 0 Å². The van der Waals surface area contributed by atoms with Crippen LogP contribution in [0.25, 0.3) is 0 Å². The monoisotopic (exact) mass is 218 g/mol. The highest BCUT2D eigenvalue weighted by molar-refractivity contribution is 6.02. The van der Waals surface area contributed by atoms with Gasteiger partial charge in [0.25, 0.3) is 5.69 Å². The van der Waals surface area contributed by atoms with Crippen molar-refractivity contribution in [3.8, 4) is 0 Å². The fourth-order valence-corrected chi connectivity index (χ4v) is 1.84. The highest BCUT2D eigenvalue weighted by atomic mass is 16.6. The van der Waals surface area contributed by atoms with Gasteiger partial charge in [-0.3, -0.25) is 14.9 Å². The Kier molecular flexibility index (Phi) is 2.44. The van der Waals surface area contributed by atoms with Crippen molar-refractivity contribution in [1.29, 1.82) is 0 Å². The molecule has 0 unspecified atom stereocenters. The van der Waals surface area contributed by atoms with E-state index in [1.807, 2.05) is 0 Å². The largest absolute Gasteiger partial charge is 0.308 e. The zero-order chi connectivity index (χ0) is 11.7. The van der Waals surface area contributed by atoms with Crippen molar-refractivity contribution in [3.05, 3.63) is 46.5 Å². The number of hydrogen-bond acceptors (Lipinski definition) is 3.